The highest BCUT2D eigenvalue weighted by Crippen LogP contribution is 2.34. The zero-order valence-electron chi connectivity index (χ0n) is 20.4. The van der Waals surface area contributed by atoms with E-state index >= 15 is 0 Å². The third-order valence-corrected chi connectivity index (χ3v) is 7.45. The average Bonchev–Trinajstić information content (AvgIpc) is 3.58. The standard InChI is InChI=1S/C26H25ClN6O4S/c1-14-11-18(27)16-6-9-33(19(16)12-14)26(37)17-13-15(4-5-20(17)34)30-25-22(24(36)31-38-25)23(28)29-7-10-32-8-2-3-21(32)35/h4-6,9,11-13,30,34H,2-3,7-8,10H2,1H3,(H2,28,29)(H,31,36). The molecular weight excluding hydrogens is 528 g/mol. The quantitative estimate of drug-likeness (QED) is 0.129. The number of aromatic hydroxyl groups is 2. The Morgan fingerprint density at radius 2 is 2.05 bits per heavy atom. The zero-order chi connectivity index (χ0) is 27.0. The molecule has 2 aromatic carbocycles. The van der Waals surface area contributed by atoms with Crippen molar-refractivity contribution >= 4 is 62.4 Å². The van der Waals surface area contributed by atoms with Crippen LogP contribution in [0.2, 0.25) is 5.02 Å². The summed E-state index contributed by atoms with van der Waals surface area (Å²) in [5.41, 5.74) is 2.21. The molecule has 1 aliphatic heterocycles. The highest BCUT2D eigenvalue weighted by Gasteiger charge is 2.22. The summed E-state index contributed by atoms with van der Waals surface area (Å²) in [7, 11) is 0. The SMILES string of the molecule is Cc1cc(Cl)c2ccn(C(=O)c3cc(Nc4snc(O)c4C(=N)NCCN4CCCC4=O)ccc3O)c2c1. The number of rotatable bonds is 7. The Labute approximate surface area is 227 Å². The summed E-state index contributed by atoms with van der Waals surface area (Å²) in [4.78, 5) is 26.9. The summed E-state index contributed by atoms with van der Waals surface area (Å²) < 4.78 is 5.39. The van der Waals surface area contributed by atoms with Crippen LogP contribution in [0.1, 0.15) is 34.3 Å². The number of amidine groups is 1. The highest BCUT2D eigenvalue weighted by molar-refractivity contribution is 7.11. The van der Waals surface area contributed by atoms with Crippen LogP contribution < -0.4 is 10.6 Å². The van der Waals surface area contributed by atoms with Crippen molar-refractivity contribution < 1.29 is 19.8 Å². The number of likely N-dealkylation sites (tertiary alicyclic amines) is 1. The van der Waals surface area contributed by atoms with E-state index in [0.717, 1.165) is 28.9 Å². The van der Waals surface area contributed by atoms with Crippen LogP contribution in [0.3, 0.4) is 0 Å². The summed E-state index contributed by atoms with van der Waals surface area (Å²) in [6, 6.07) is 9.90. The van der Waals surface area contributed by atoms with Crippen LogP contribution >= 0.6 is 23.1 Å². The van der Waals surface area contributed by atoms with Gasteiger partial charge in [-0.1, -0.05) is 11.6 Å². The van der Waals surface area contributed by atoms with Gasteiger partial charge in [-0.15, -0.1) is 0 Å². The minimum Gasteiger partial charge on any atom is -0.507 e. The minimum absolute atomic E-state index is 0.0495. The number of anilines is 2. The van der Waals surface area contributed by atoms with Gasteiger partial charge >= 0.3 is 0 Å². The first kappa shape index (κ1) is 25.6. The summed E-state index contributed by atoms with van der Waals surface area (Å²) in [5, 5.41) is 36.9. The number of carbonyl (C=O) groups is 2. The Hall–Kier alpha value is -4.09. The number of phenols is 1. The minimum atomic E-state index is -0.443. The molecule has 0 spiro atoms. The zero-order valence-corrected chi connectivity index (χ0v) is 22.0. The molecule has 1 amide bonds. The predicted molar refractivity (Wildman–Crippen MR) is 147 cm³/mol. The van der Waals surface area contributed by atoms with Gasteiger partial charge in [0, 0.05) is 43.3 Å². The summed E-state index contributed by atoms with van der Waals surface area (Å²) in [5.74, 6) is -0.898. The monoisotopic (exact) mass is 552 g/mol. The second-order valence-electron chi connectivity index (χ2n) is 9.02. The van der Waals surface area contributed by atoms with Crippen LogP contribution in [0.15, 0.2) is 42.6 Å². The smallest absolute Gasteiger partial charge is 0.266 e. The number of aromatic nitrogens is 2. The van der Waals surface area contributed by atoms with Gasteiger partial charge < -0.3 is 25.7 Å². The molecule has 38 heavy (non-hydrogen) atoms. The number of benzene rings is 2. The number of nitrogens with zero attached hydrogens (tertiary/aromatic N) is 3. The molecule has 12 heteroatoms. The van der Waals surface area contributed by atoms with Gasteiger partial charge in [-0.2, -0.15) is 4.37 Å². The summed E-state index contributed by atoms with van der Waals surface area (Å²) >= 11 is 7.29. The van der Waals surface area contributed by atoms with Crippen LogP contribution in [0.5, 0.6) is 11.6 Å². The molecule has 0 unspecified atom stereocenters. The highest BCUT2D eigenvalue weighted by atomic mass is 35.5. The molecule has 0 radical (unpaired) electrons. The molecule has 0 bridgehead atoms. The molecular formula is C26H25ClN6O4S. The Bertz CT molecular complexity index is 1580. The molecule has 3 heterocycles. The fourth-order valence-corrected chi connectivity index (χ4v) is 5.54. The van der Waals surface area contributed by atoms with Crippen LogP contribution in [-0.2, 0) is 4.79 Å². The second-order valence-corrected chi connectivity index (χ2v) is 10.2. The van der Waals surface area contributed by atoms with E-state index in [0.29, 0.717) is 47.3 Å². The molecule has 5 rings (SSSR count). The summed E-state index contributed by atoms with van der Waals surface area (Å²) in [6.45, 7) is 3.41. The van der Waals surface area contributed by atoms with Gasteiger partial charge in [0.15, 0.2) is 0 Å². The number of nitrogens with one attached hydrogen (secondary N) is 3. The van der Waals surface area contributed by atoms with E-state index in [-0.39, 0.29) is 34.5 Å². The Morgan fingerprint density at radius 1 is 1.24 bits per heavy atom. The largest absolute Gasteiger partial charge is 0.507 e. The van der Waals surface area contributed by atoms with E-state index < -0.39 is 5.91 Å². The fraction of sp³-hybridized carbons (Fsp3) is 0.231. The van der Waals surface area contributed by atoms with Crippen LogP contribution in [0.25, 0.3) is 10.9 Å². The van der Waals surface area contributed by atoms with Crippen molar-refractivity contribution in [2.24, 2.45) is 0 Å². The number of hydrogen-bond acceptors (Lipinski definition) is 8. The van der Waals surface area contributed by atoms with Crippen molar-refractivity contribution in [3.8, 4) is 11.6 Å². The first-order chi connectivity index (χ1) is 18.2. The van der Waals surface area contributed by atoms with Gasteiger partial charge in [0.05, 0.1) is 16.1 Å². The lowest BCUT2D eigenvalue weighted by Gasteiger charge is -2.16. The van der Waals surface area contributed by atoms with Gasteiger partial charge in [-0.25, -0.2) is 0 Å². The first-order valence-corrected chi connectivity index (χ1v) is 13.1. The molecule has 0 atom stereocenters. The molecule has 0 aliphatic carbocycles. The van der Waals surface area contributed by atoms with Gasteiger partial charge in [-0.3, -0.25) is 19.6 Å². The third kappa shape index (κ3) is 4.90. The van der Waals surface area contributed by atoms with Gasteiger partial charge in [0.25, 0.3) is 5.91 Å². The number of amides is 1. The van der Waals surface area contributed by atoms with Crippen molar-refractivity contribution in [2.45, 2.75) is 19.8 Å². The lowest BCUT2D eigenvalue weighted by atomic mass is 10.1. The van der Waals surface area contributed by atoms with E-state index in [4.69, 9.17) is 17.0 Å². The first-order valence-electron chi connectivity index (χ1n) is 11.9. The van der Waals surface area contributed by atoms with Crippen molar-refractivity contribution in [1.29, 1.82) is 5.41 Å². The maximum atomic E-state index is 13.4. The number of carbonyl (C=O) groups excluding carboxylic acids is 2. The number of halogens is 1. The van der Waals surface area contributed by atoms with Crippen molar-refractivity contribution in [3.05, 3.63) is 64.3 Å². The number of aryl methyl sites for hydroxylation is 1. The maximum absolute atomic E-state index is 13.4. The lowest BCUT2D eigenvalue weighted by Crippen LogP contribution is -2.35. The van der Waals surface area contributed by atoms with E-state index in [9.17, 15) is 19.8 Å². The van der Waals surface area contributed by atoms with Gasteiger partial charge in [0.1, 0.15) is 22.1 Å². The summed E-state index contributed by atoms with van der Waals surface area (Å²) in [6.07, 6.45) is 3.00. The lowest BCUT2D eigenvalue weighted by molar-refractivity contribution is -0.127. The van der Waals surface area contributed by atoms with E-state index in [1.807, 2.05) is 19.1 Å². The predicted octanol–water partition coefficient (Wildman–Crippen LogP) is 4.44. The Balaban J connectivity index is 1.36. The molecule has 10 nitrogen and oxygen atoms in total. The van der Waals surface area contributed by atoms with E-state index in [1.54, 1.807) is 23.2 Å². The molecule has 1 aliphatic rings. The number of hydrogen-bond donors (Lipinski definition) is 5. The van der Waals surface area contributed by atoms with Crippen LogP contribution in [-0.4, -0.2) is 61.3 Å². The normalized spacial score (nSPS) is 13.3. The Morgan fingerprint density at radius 3 is 2.82 bits per heavy atom. The molecule has 5 N–H and O–H groups in total. The number of fused-ring (bicyclic) bond motifs is 1. The van der Waals surface area contributed by atoms with Gasteiger partial charge in [0.2, 0.25) is 11.8 Å². The second kappa shape index (κ2) is 10.3. The van der Waals surface area contributed by atoms with Crippen molar-refractivity contribution in [1.82, 2.24) is 19.2 Å². The molecule has 1 fully saturated rings. The van der Waals surface area contributed by atoms with Crippen LogP contribution in [0, 0.1) is 12.3 Å². The molecule has 4 aromatic rings. The van der Waals surface area contributed by atoms with E-state index in [1.165, 1.54) is 16.7 Å². The maximum Gasteiger partial charge on any atom is 0.266 e. The van der Waals surface area contributed by atoms with Gasteiger partial charge in [-0.05, 0) is 66.8 Å². The number of phenolic OH excluding ortho intramolecular Hbond substituents is 1. The average molecular weight is 553 g/mol. The molecule has 0 saturated carbocycles. The molecule has 2 aromatic heterocycles. The van der Waals surface area contributed by atoms with Crippen LogP contribution in [0.4, 0.5) is 10.7 Å². The molecule has 196 valence electrons. The van der Waals surface area contributed by atoms with E-state index in [2.05, 4.69) is 15.0 Å². The molecule has 1 saturated heterocycles. The van der Waals surface area contributed by atoms with Crippen molar-refractivity contribution in [3.63, 3.8) is 0 Å². The fourth-order valence-electron chi connectivity index (χ4n) is 4.49. The Kier molecular flexibility index (Phi) is 6.96. The van der Waals surface area contributed by atoms with Crippen molar-refractivity contribution in [2.75, 3.05) is 25.0 Å². The topological polar surface area (TPSA) is 144 Å². The third-order valence-electron chi connectivity index (χ3n) is 6.38.